The first-order valence-corrected chi connectivity index (χ1v) is 7.70. The van der Waals surface area contributed by atoms with Gasteiger partial charge in [0.1, 0.15) is 0 Å². The summed E-state index contributed by atoms with van der Waals surface area (Å²) in [4.78, 5) is 6.82. The van der Waals surface area contributed by atoms with Crippen molar-refractivity contribution in [3.63, 3.8) is 0 Å². The van der Waals surface area contributed by atoms with E-state index in [1.165, 1.54) is 24.8 Å². The lowest BCUT2D eigenvalue weighted by molar-refractivity contribution is 0.426. The molecule has 0 saturated carbocycles. The van der Waals surface area contributed by atoms with Crippen molar-refractivity contribution >= 4 is 5.95 Å². The molecule has 0 radical (unpaired) electrons. The molecular formula is C16H22N4O. The number of nitrogens with one attached hydrogen (secondary N) is 1. The highest BCUT2D eigenvalue weighted by Crippen LogP contribution is 2.25. The van der Waals surface area contributed by atoms with Crippen molar-refractivity contribution in [3.8, 4) is 11.5 Å². The molecule has 0 aliphatic carbocycles. The molecule has 1 fully saturated rings. The fourth-order valence-electron chi connectivity index (χ4n) is 2.75. The Morgan fingerprint density at radius 2 is 2.00 bits per heavy atom. The predicted octanol–water partition coefficient (Wildman–Crippen LogP) is 2.49. The molecule has 1 saturated heterocycles. The maximum Gasteiger partial charge on any atom is 0.266 e. The van der Waals surface area contributed by atoms with Crippen molar-refractivity contribution in [1.82, 2.24) is 15.5 Å². The molecule has 2 aromatic rings. The second-order valence-electron chi connectivity index (χ2n) is 5.46. The summed E-state index contributed by atoms with van der Waals surface area (Å²) in [6.07, 6.45) is 4.67. The van der Waals surface area contributed by atoms with Gasteiger partial charge in [0.15, 0.2) is 0 Å². The van der Waals surface area contributed by atoms with Gasteiger partial charge in [-0.15, -0.1) is 0 Å². The molecule has 1 aliphatic heterocycles. The second kappa shape index (κ2) is 6.72. The minimum absolute atomic E-state index is 0.627. The van der Waals surface area contributed by atoms with Gasteiger partial charge in [-0.3, -0.25) is 0 Å². The van der Waals surface area contributed by atoms with Crippen molar-refractivity contribution in [3.05, 3.63) is 29.8 Å². The third-order valence-electron chi connectivity index (χ3n) is 3.95. The van der Waals surface area contributed by atoms with E-state index < -0.39 is 0 Å². The van der Waals surface area contributed by atoms with Gasteiger partial charge in [-0.05, 0) is 56.1 Å². The van der Waals surface area contributed by atoms with Gasteiger partial charge in [0.05, 0.1) is 0 Å². The smallest absolute Gasteiger partial charge is 0.266 e. The average Bonchev–Trinajstić information content (AvgIpc) is 3.04. The van der Waals surface area contributed by atoms with E-state index in [1.54, 1.807) is 0 Å². The van der Waals surface area contributed by atoms with Crippen LogP contribution in [0.25, 0.3) is 11.5 Å². The molecule has 0 bridgehead atoms. The minimum Gasteiger partial charge on any atom is -0.338 e. The van der Waals surface area contributed by atoms with Gasteiger partial charge in [0, 0.05) is 18.7 Å². The number of likely N-dealkylation sites (N-methyl/N-ethyl adjacent to an activating group) is 1. The van der Waals surface area contributed by atoms with E-state index in [9.17, 15) is 0 Å². The third kappa shape index (κ3) is 3.24. The largest absolute Gasteiger partial charge is 0.338 e. The minimum atomic E-state index is 0.627. The molecule has 5 nitrogen and oxygen atoms in total. The van der Waals surface area contributed by atoms with E-state index in [0.717, 1.165) is 37.6 Å². The SMILES string of the molecule is CNCCc1ccccc1-c1nc(N2CCCCC2)no1. The summed E-state index contributed by atoms with van der Waals surface area (Å²) in [5, 5.41) is 7.34. The van der Waals surface area contributed by atoms with Crippen LogP contribution in [0, 0.1) is 0 Å². The van der Waals surface area contributed by atoms with E-state index >= 15 is 0 Å². The first-order chi connectivity index (χ1) is 10.4. The first kappa shape index (κ1) is 14.1. The number of piperidine rings is 1. The summed E-state index contributed by atoms with van der Waals surface area (Å²) in [5.74, 6) is 1.36. The summed E-state index contributed by atoms with van der Waals surface area (Å²) in [6.45, 7) is 2.99. The van der Waals surface area contributed by atoms with Gasteiger partial charge in [0.25, 0.3) is 11.8 Å². The van der Waals surface area contributed by atoms with E-state index in [1.807, 2.05) is 13.1 Å². The molecule has 0 spiro atoms. The van der Waals surface area contributed by atoms with Crippen molar-refractivity contribution in [1.29, 1.82) is 0 Å². The van der Waals surface area contributed by atoms with Gasteiger partial charge in [0.2, 0.25) is 0 Å². The first-order valence-electron chi connectivity index (χ1n) is 7.70. The Hall–Kier alpha value is -1.88. The van der Waals surface area contributed by atoms with Gasteiger partial charge < -0.3 is 14.7 Å². The van der Waals surface area contributed by atoms with E-state index in [4.69, 9.17) is 4.52 Å². The van der Waals surface area contributed by atoms with Gasteiger partial charge in [-0.25, -0.2) is 0 Å². The maximum atomic E-state index is 5.50. The zero-order valence-corrected chi connectivity index (χ0v) is 12.5. The van der Waals surface area contributed by atoms with Gasteiger partial charge >= 0.3 is 0 Å². The molecule has 112 valence electrons. The van der Waals surface area contributed by atoms with Crippen LogP contribution in [0.2, 0.25) is 0 Å². The Morgan fingerprint density at radius 1 is 1.19 bits per heavy atom. The molecule has 3 rings (SSSR count). The molecule has 21 heavy (non-hydrogen) atoms. The second-order valence-corrected chi connectivity index (χ2v) is 5.46. The van der Waals surface area contributed by atoms with Crippen molar-refractivity contribution in [2.45, 2.75) is 25.7 Å². The Kier molecular flexibility index (Phi) is 4.50. The fourth-order valence-corrected chi connectivity index (χ4v) is 2.75. The summed E-state index contributed by atoms with van der Waals surface area (Å²) in [7, 11) is 1.96. The van der Waals surface area contributed by atoms with Crippen LogP contribution in [0.15, 0.2) is 28.8 Å². The van der Waals surface area contributed by atoms with Crippen LogP contribution in [0.3, 0.4) is 0 Å². The number of anilines is 1. The number of benzene rings is 1. The van der Waals surface area contributed by atoms with Gasteiger partial charge in [-0.1, -0.05) is 18.2 Å². The lowest BCUT2D eigenvalue weighted by atomic mass is 10.0. The van der Waals surface area contributed by atoms with Gasteiger partial charge in [-0.2, -0.15) is 4.98 Å². The molecule has 0 unspecified atom stereocenters. The van der Waals surface area contributed by atoms with Crippen LogP contribution in [0.4, 0.5) is 5.95 Å². The van der Waals surface area contributed by atoms with Crippen LogP contribution in [-0.4, -0.2) is 36.8 Å². The van der Waals surface area contributed by atoms with Crippen LogP contribution in [-0.2, 0) is 6.42 Å². The average molecular weight is 286 g/mol. The molecule has 1 aromatic heterocycles. The fraction of sp³-hybridized carbons (Fsp3) is 0.500. The molecule has 5 heteroatoms. The summed E-state index contributed by atoms with van der Waals surface area (Å²) in [6, 6.07) is 8.25. The molecule has 1 N–H and O–H groups in total. The van der Waals surface area contributed by atoms with E-state index in [2.05, 4.69) is 38.6 Å². The predicted molar refractivity (Wildman–Crippen MR) is 83.4 cm³/mol. The molecule has 1 aromatic carbocycles. The maximum absolute atomic E-state index is 5.50. The number of aromatic nitrogens is 2. The van der Waals surface area contributed by atoms with Crippen molar-refractivity contribution in [2.24, 2.45) is 0 Å². The highest BCUT2D eigenvalue weighted by molar-refractivity contribution is 5.59. The lowest BCUT2D eigenvalue weighted by Crippen LogP contribution is -2.30. The van der Waals surface area contributed by atoms with Crippen molar-refractivity contribution < 1.29 is 4.52 Å². The normalized spacial score (nSPS) is 15.4. The molecule has 2 heterocycles. The lowest BCUT2D eigenvalue weighted by Gasteiger charge is -2.24. The van der Waals surface area contributed by atoms with Crippen LogP contribution >= 0.6 is 0 Å². The number of nitrogens with zero attached hydrogens (tertiary/aromatic N) is 3. The number of rotatable bonds is 5. The molecular weight excluding hydrogens is 264 g/mol. The quantitative estimate of drug-likeness (QED) is 0.915. The molecule has 0 amide bonds. The molecule has 0 atom stereocenters. The van der Waals surface area contributed by atoms with Crippen LogP contribution in [0.5, 0.6) is 0 Å². The Labute approximate surface area is 125 Å². The zero-order valence-electron chi connectivity index (χ0n) is 12.5. The zero-order chi connectivity index (χ0) is 14.5. The Morgan fingerprint density at radius 3 is 2.81 bits per heavy atom. The third-order valence-corrected chi connectivity index (χ3v) is 3.95. The Balaban J connectivity index is 1.82. The number of hydrogen-bond acceptors (Lipinski definition) is 5. The molecule has 1 aliphatic rings. The Bertz CT molecular complexity index is 575. The summed E-state index contributed by atoms with van der Waals surface area (Å²) in [5.41, 5.74) is 2.28. The monoisotopic (exact) mass is 286 g/mol. The standard InChI is InChI=1S/C16H22N4O/c1-17-10-9-13-7-3-4-8-14(13)15-18-16(19-21-15)20-11-5-2-6-12-20/h3-4,7-8,17H,2,5-6,9-12H2,1H3. The highest BCUT2D eigenvalue weighted by Gasteiger charge is 2.18. The summed E-state index contributed by atoms with van der Waals surface area (Å²) >= 11 is 0. The van der Waals surface area contributed by atoms with E-state index in [-0.39, 0.29) is 0 Å². The van der Waals surface area contributed by atoms with Crippen molar-refractivity contribution in [2.75, 3.05) is 31.6 Å². The number of hydrogen-bond donors (Lipinski definition) is 1. The topological polar surface area (TPSA) is 54.2 Å². The van der Waals surface area contributed by atoms with Crippen LogP contribution < -0.4 is 10.2 Å². The summed E-state index contributed by atoms with van der Waals surface area (Å²) < 4.78 is 5.50. The van der Waals surface area contributed by atoms with Crippen LogP contribution in [0.1, 0.15) is 24.8 Å². The highest BCUT2D eigenvalue weighted by atomic mass is 16.5. The van der Waals surface area contributed by atoms with E-state index in [0.29, 0.717) is 5.89 Å².